The highest BCUT2D eigenvalue weighted by Gasteiger charge is 2.18. The van der Waals surface area contributed by atoms with Gasteiger partial charge in [0.25, 0.3) is 0 Å². The van der Waals surface area contributed by atoms with Crippen LogP contribution in [-0.4, -0.2) is 49.3 Å². The number of benzene rings is 1. The molecule has 1 aromatic carbocycles. The van der Waals surface area contributed by atoms with Crippen LogP contribution >= 0.6 is 0 Å². The highest BCUT2D eigenvalue weighted by Crippen LogP contribution is 2.22. The van der Waals surface area contributed by atoms with Crippen molar-refractivity contribution in [2.45, 2.75) is 13.8 Å². The molecule has 7 heteroatoms. The van der Waals surface area contributed by atoms with Crippen molar-refractivity contribution < 1.29 is 4.39 Å². The van der Waals surface area contributed by atoms with Gasteiger partial charge in [0, 0.05) is 31.7 Å². The average molecular weight is 306 g/mol. The Morgan fingerprint density at radius 2 is 1.86 bits per heavy atom. The van der Waals surface area contributed by atoms with Gasteiger partial charge in [-0.1, -0.05) is 13.0 Å². The first-order chi connectivity index (χ1) is 10.5. The van der Waals surface area contributed by atoms with E-state index in [1.807, 2.05) is 6.07 Å². The molecule has 0 bridgehead atoms. The Morgan fingerprint density at radius 3 is 2.41 bits per heavy atom. The van der Waals surface area contributed by atoms with Crippen LogP contribution in [0.2, 0.25) is 0 Å². The van der Waals surface area contributed by atoms with E-state index in [4.69, 9.17) is 11.5 Å². The summed E-state index contributed by atoms with van der Waals surface area (Å²) in [5.74, 6) is -0.369. The standard InChI is InChI=1S/C15H23FN6/c1-3-21-6-8-22(9-7-21)14-5-4-12(10-13(14)16)11(2)19-20-15(17)18/h4-5,10H,3,6-9H2,1-2H3,(H4,17,18,20)/b19-11-. The third kappa shape index (κ3) is 3.94. The lowest BCUT2D eigenvalue weighted by molar-refractivity contribution is 0.270. The van der Waals surface area contributed by atoms with Crippen molar-refractivity contribution in [2.24, 2.45) is 21.7 Å². The molecule has 0 radical (unpaired) electrons. The van der Waals surface area contributed by atoms with E-state index in [9.17, 15) is 4.39 Å². The molecule has 0 saturated carbocycles. The quantitative estimate of drug-likeness (QED) is 0.493. The fourth-order valence-electron chi connectivity index (χ4n) is 2.48. The fourth-order valence-corrected chi connectivity index (χ4v) is 2.48. The van der Waals surface area contributed by atoms with Crippen LogP contribution < -0.4 is 16.4 Å². The summed E-state index contributed by atoms with van der Waals surface area (Å²) >= 11 is 0. The monoisotopic (exact) mass is 306 g/mol. The first-order valence-corrected chi connectivity index (χ1v) is 7.41. The van der Waals surface area contributed by atoms with E-state index < -0.39 is 0 Å². The summed E-state index contributed by atoms with van der Waals surface area (Å²) in [6, 6.07) is 5.11. The van der Waals surface area contributed by atoms with Crippen LogP contribution in [0.25, 0.3) is 0 Å². The van der Waals surface area contributed by atoms with Gasteiger partial charge in [0.1, 0.15) is 5.82 Å². The van der Waals surface area contributed by atoms with Gasteiger partial charge in [0.05, 0.1) is 11.4 Å². The topological polar surface area (TPSA) is 83.2 Å². The number of nitrogens with two attached hydrogens (primary N) is 2. The zero-order chi connectivity index (χ0) is 16.1. The Labute approximate surface area is 130 Å². The van der Waals surface area contributed by atoms with Crippen LogP contribution in [0.5, 0.6) is 0 Å². The number of anilines is 1. The Bertz CT molecular complexity index is 571. The lowest BCUT2D eigenvalue weighted by Gasteiger charge is -2.35. The summed E-state index contributed by atoms with van der Waals surface area (Å²) in [7, 11) is 0. The Hall–Kier alpha value is -2.15. The molecule has 1 aliphatic heterocycles. The van der Waals surface area contributed by atoms with E-state index in [1.54, 1.807) is 13.0 Å². The number of likely N-dealkylation sites (N-methyl/N-ethyl adjacent to an activating group) is 1. The van der Waals surface area contributed by atoms with E-state index >= 15 is 0 Å². The van der Waals surface area contributed by atoms with Crippen molar-refractivity contribution in [1.29, 1.82) is 0 Å². The molecule has 1 saturated heterocycles. The van der Waals surface area contributed by atoms with E-state index in [2.05, 4.69) is 26.9 Å². The van der Waals surface area contributed by atoms with Gasteiger partial charge in [-0.15, -0.1) is 5.10 Å². The maximum atomic E-state index is 14.4. The second kappa shape index (κ2) is 7.22. The van der Waals surface area contributed by atoms with Gasteiger partial charge < -0.3 is 21.3 Å². The van der Waals surface area contributed by atoms with Gasteiger partial charge in [-0.25, -0.2) is 4.39 Å². The van der Waals surface area contributed by atoms with Crippen LogP contribution in [0.4, 0.5) is 10.1 Å². The second-order valence-corrected chi connectivity index (χ2v) is 5.30. The van der Waals surface area contributed by atoms with Crippen LogP contribution in [-0.2, 0) is 0 Å². The number of rotatable bonds is 4. The minimum absolute atomic E-state index is 0.120. The summed E-state index contributed by atoms with van der Waals surface area (Å²) < 4.78 is 14.4. The second-order valence-electron chi connectivity index (χ2n) is 5.30. The predicted molar refractivity (Wildman–Crippen MR) is 88.7 cm³/mol. The number of piperazine rings is 1. The highest BCUT2D eigenvalue weighted by molar-refractivity contribution is 5.99. The Balaban J connectivity index is 2.13. The van der Waals surface area contributed by atoms with Gasteiger partial charge in [0.15, 0.2) is 0 Å². The molecule has 120 valence electrons. The summed E-state index contributed by atoms with van der Waals surface area (Å²) in [6.07, 6.45) is 0. The summed E-state index contributed by atoms with van der Waals surface area (Å²) in [4.78, 5) is 4.43. The first kappa shape index (κ1) is 16.2. The van der Waals surface area contributed by atoms with Crippen LogP contribution in [0.15, 0.2) is 28.4 Å². The maximum absolute atomic E-state index is 14.4. The number of halogens is 1. The maximum Gasteiger partial charge on any atom is 0.211 e. The van der Waals surface area contributed by atoms with Crippen molar-refractivity contribution in [3.05, 3.63) is 29.6 Å². The summed E-state index contributed by atoms with van der Waals surface area (Å²) in [5.41, 5.74) is 12.3. The van der Waals surface area contributed by atoms with E-state index in [1.165, 1.54) is 6.07 Å². The molecule has 1 heterocycles. The van der Waals surface area contributed by atoms with Crippen molar-refractivity contribution >= 4 is 17.4 Å². The molecule has 0 aliphatic carbocycles. The molecule has 0 spiro atoms. The molecule has 4 N–H and O–H groups in total. The van der Waals surface area contributed by atoms with Gasteiger partial charge in [-0.2, -0.15) is 5.10 Å². The van der Waals surface area contributed by atoms with Crippen molar-refractivity contribution in [1.82, 2.24) is 4.90 Å². The smallest absolute Gasteiger partial charge is 0.211 e. The molecule has 0 amide bonds. The molecule has 1 aliphatic rings. The molecular weight excluding hydrogens is 283 g/mol. The predicted octanol–water partition coefficient (Wildman–Crippen LogP) is 0.965. The van der Waals surface area contributed by atoms with Crippen LogP contribution in [0.1, 0.15) is 19.4 Å². The summed E-state index contributed by atoms with van der Waals surface area (Å²) in [5, 5.41) is 7.45. The molecule has 1 fully saturated rings. The number of hydrogen-bond donors (Lipinski definition) is 2. The Morgan fingerprint density at radius 1 is 1.18 bits per heavy atom. The third-order valence-corrected chi connectivity index (χ3v) is 3.84. The van der Waals surface area contributed by atoms with Crippen molar-refractivity contribution in [2.75, 3.05) is 37.6 Å². The first-order valence-electron chi connectivity index (χ1n) is 7.41. The van der Waals surface area contributed by atoms with Crippen LogP contribution in [0, 0.1) is 5.82 Å². The van der Waals surface area contributed by atoms with Crippen molar-refractivity contribution in [3.8, 4) is 0 Å². The van der Waals surface area contributed by atoms with E-state index in [0.717, 1.165) is 32.7 Å². The van der Waals surface area contributed by atoms with E-state index in [0.29, 0.717) is 17.0 Å². The minimum atomic E-state index is -0.248. The molecule has 0 aromatic heterocycles. The SMILES string of the molecule is CCN1CCN(c2ccc(/C(C)=N\N=C(N)N)cc2F)CC1. The molecular formula is C15H23FN6. The number of guanidine groups is 1. The van der Waals surface area contributed by atoms with Crippen molar-refractivity contribution in [3.63, 3.8) is 0 Å². The fraction of sp³-hybridized carbons (Fsp3) is 0.467. The zero-order valence-electron chi connectivity index (χ0n) is 13.1. The molecule has 0 unspecified atom stereocenters. The molecule has 1 aromatic rings. The number of hydrogen-bond acceptors (Lipinski definition) is 4. The van der Waals surface area contributed by atoms with Gasteiger partial charge in [-0.3, -0.25) is 0 Å². The van der Waals surface area contributed by atoms with Gasteiger partial charge in [-0.05, 0) is 25.6 Å². The average Bonchev–Trinajstić information content (AvgIpc) is 2.52. The highest BCUT2D eigenvalue weighted by atomic mass is 19.1. The van der Waals surface area contributed by atoms with E-state index in [-0.39, 0.29) is 11.8 Å². The van der Waals surface area contributed by atoms with Gasteiger partial charge in [0.2, 0.25) is 5.96 Å². The molecule has 6 nitrogen and oxygen atoms in total. The van der Waals surface area contributed by atoms with Crippen LogP contribution in [0.3, 0.4) is 0 Å². The minimum Gasteiger partial charge on any atom is -0.369 e. The largest absolute Gasteiger partial charge is 0.369 e. The Kier molecular flexibility index (Phi) is 5.32. The number of nitrogens with zero attached hydrogens (tertiary/aromatic N) is 4. The van der Waals surface area contributed by atoms with Gasteiger partial charge >= 0.3 is 0 Å². The molecule has 0 atom stereocenters. The third-order valence-electron chi connectivity index (χ3n) is 3.84. The molecule has 2 rings (SSSR count). The normalized spacial score (nSPS) is 16.7. The lowest BCUT2D eigenvalue weighted by Crippen LogP contribution is -2.46. The molecule has 22 heavy (non-hydrogen) atoms. The zero-order valence-corrected chi connectivity index (χ0v) is 13.1. The summed E-state index contributed by atoms with van der Waals surface area (Å²) in [6.45, 7) is 8.52. The lowest BCUT2D eigenvalue weighted by atomic mass is 10.1.